The van der Waals surface area contributed by atoms with Crippen LogP contribution >= 0.6 is 7.82 Å². The highest BCUT2D eigenvalue weighted by Gasteiger charge is 2.25. The number of carbonyl (C=O) groups is 1. The van der Waals surface area contributed by atoms with Crippen LogP contribution in [0.2, 0.25) is 0 Å². The van der Waals surface area contributed by atoms with E-state index >= 15 is 0 Å². The van der Waals surface area contributed by atoms with Crippen LogP contribution in [-0.2, 0) is 27.9 Å². The molecule has 0 amide bonds. The summed E-state index contributed by atoms with van der Waals surface area (Å²) in [5.74, 6) is -0.364. The highest BCUT2D eigenvalue weighted by molar-refractivity contribution is 7.47. The SMILES string of the molecule is CCCCCCCCCCCCCCCCCOCC(COP(=O)(O)OCCN)OC(=O)CCCC. The van der Waals surface area contributed by atoms with Crippen molar-refractivity contribution in [1.82, 2.24) is 0 Å². The van der Waals surface area contributed by atoms with Gasteiger partial charge in [-0.25, -0.2) is 4.57 Å². The summed E-state index contributed by atoms with van der Waals surface area (Å²) in [5.41, 5.74) is 5.28. The summed E-state index contributed by atoms with van der Waals surface area (Å²) in [4.78, 5) is 21.6. The minimum Gasteiger partial charge on any atom is -0.457 e. The van der Waals surface area contributed by atoms with E-state index in [-0.39, 0.29) is 32.3 Å². The Morgan fingerprint density at radius 3 is 1.72 bits per heavy atom. The Morgan fingerprint density at radius 2 is 1.22 bits per heavy atom. The first kappa shape index (κ1) is 35.5. The summed E-state index contributed by atoms with van der Waals surface area (Å²) in [6.07, 6.45) is 20.7. The maximum absolute atomic E-state index is 12.0. The Hall–Kier alpha value is -0.500. The van der Waals surface area contributed by atoms with Gasteiger partial charge in [-0.15, -0.1) is 0 Å². The van der Waals surface area contributed by atoms with Crippen LogP contribution in [0, 0.1) is 0 Å². The van der Waals surface area contributed by atoms with Crippen molar-refractivity contribution in [2.24, 2.45) is 5.73 Å². The topological polar surface area (TPSA) is 117 Å². The minimum absolute atomic E-state index is 0.0928. The first-order chi connectivity index (χ1) is 17.4. The smallest absolute Gasteiger partial charge is 0.457 e. The molecule has 0 saturated heterocycles. The molecular formula is C27H56NO7P. The average molecular weight is 538 g/mol. The predicted octanol–water partition coefficient (Wildman–Crippen LogP) is 7.07. The second-order valence-electron chi connectivity index (χ2n) is 9.63. The molecule has 0 aliphatic carbocycles. The Balaban J connectivity index is 3.84. The molecule has 9 heteroatoms. The van der Waals surface area contributed by atoms with Crippen molar-refractivity contribution in [3.05, 3.63) is 0 Å². The summed E-state index contributed by atoms with van der Waals surface area (Å²) in [6.45, 7) is 4.67. The molecular weight excluding hydrogens is 481 g/mol. The molecule has 0 spiro atoms. The van der Waals surface area contributed by atoms with E-state index in [1.807, 2.05) is 6.92 Å². The molecule has 3 N–H and O–H groups in total. The van der Waals surface area contributed by atoms with Crippen LogP contribution in [-0.4, -0.2) is 49.9 Å². The largest absolute Gasteiger partial charge is 0.472 e. The van der Waals surface area contributed by atoms with Gasteiger partial charge in [0.1, 0.15) is 6.10 Å². The molecule has 0 saturated carbocycles. The fourth-order valence-electron chi connectivity index (χ4n) is 3.85. The number of phosphoric acid groups is 1. The molecule has 0 aromatic rings. The summed E-state index contributed by atoms with van der Waals surface area (Å²) < 4.78 is 32.6. The van der Waals surface area contributed by atoms with Gasteiger partial charge in [-0.1, -0.05) is 110 Å². The molecule has 0 bridgehead atoms. The second kappa shape index (κ2) is 26.1. The molecule has 0 aliphatic heterocycles. The molecule has 36 heavy (non-hydrogen) atoms. The number of nitrogens with two attached hydrogens (primary N) is 1. The van der Waals surface area contributed by atoms with Crippen LogP contribution in [0.5, 0.6) is 0 Å². The highest BCUT2D eigenvalue weighted by Crippen LogP contribution is 2.43. The number of esters is 1. The third-order valence-corrected chi connectivity index (χ3v) is 7.01. The molecule has 0 aliphatic rings. The van der Waals surface area contributed by atoms with Crippen LogP contribution in [0.25, 0.3) is 0 Å². The van der Waals surface area contributed by atoms with Gasteiger partial charge in [0.2, 0.25) is 0 Å². The molecule has 0 aromatic carbocycles. The van der Waals surface area contributed by atoms with E-state index < -0.39 is 13.9 Å². The average Bonchev–Trinajstić information content (AvgIpc) is 2.86. The Kier molecular flexibility index (Phi) is 25.8. The number of unbranched alkanes of at least 4 members (excludes halogenated alkanes) is 15. The number of carbonyl (C=O) groups excluding carboxylic acids is 1. The quantitative estimate of drug-likeness (QED) is 0.0618. The normalized spacial score (nSPS) is 14.0. The number of phosphoric ester groups is 1. The molecule has 0 radical (unpaired) electrons. The predicted molar refractivity (Wildman–Crippen MR) is 146 cm³/mol. The fourth-order valence-corrected chi connectivity index (χ4v) is 4.62. The van der Waals surface area contributed by atoms with Gasteiger partial charge >= 0.3 is 13.8 Å². The maximum Gasteiger partial charge on any atom is 0.472 e. The van der Waals surface area contributed by atoms with Gasteiger partial charge in [-0.05, 0) is 12.8 Å². The van der Waals surface area contributed by atoms with Crippen LogP contribution in [0.1, 0.15) is 129 Å². The van der Waals surface area contributed by atoms with Crippen molar-refractivity contribution in [1.29, 1.82) is 0 Å². The Morgan fingerprint density at radius 1 is 0.722 bits per heavy atom. The van der Waals surface area contributed by atoms with E-state index in [0.717, 1.165) is 25.7 Å². The Bertz CT molecular complexity index is 536. The molecule has 2 atom stereocenters. The van der Waals surface area contributed by atoms with Crippen molar-refractivity contribution in [2.75, 3.05) is 33.0 Å². The fraction of sp³-hybridized carbons (Fsp3) is 0.963. The summed E-state index contributed by atoms with van der Waals surface area (Å²) in [6, 6.07) is 0. The van der Waals surface area contributed by atoms with Crippen LogP contribution < -0.4 is 5.73 Å². The lowest BCUT2D eigenvalue weighted by Gasteiger charge is -2.20. The maximum atomic E-state index is 12.0. The van der Waals surface area contributed by atoms with Crippen molar-refractivity contribution in [2.45, 2.75) is 136 Å². The highest BCUT2D eigenvalue weighted by atomic mass is 31.2. The van der Waals surface area contributed by atoms with E-state index in [9.17, 15) is 14.3 Å². The molecule has 0 fully saturated rings. The zero-order valence-corrected chi connectivity index (χ0v) is 24.2. The van der Waals surface area contributed by atoms with E-state index in [1.54, 1.807) is 0 Å². The van der Waals surface area contributed by atoms with Gasteiger partial charge in [0.15, 0.2) is 0 Å². The van der Waals surface area contributed by atoms with Gasteiger partial charge in [-0.2, -0.15) is 0 Å². The van der Waals surface area contributed by atoms with Gasteiger partial charge in [0, 0.05) is 19.6 Å². The van der Waals surface area contributed by atoms with Crippen molar-refractivity contribution >= 4 is 13.8 Å². The van der Waals surface area contributed by atoms with E-state index in [4.69, 9.17) is 24.3 Å². The lowest BCUT2D eigenvalue weighted by Crippen LogP contribution is -2.28. The summed E-state index contributed by atoms with van der Waals surface area (Å²) in [5, 5.41) is 0. The van der Waals surface area contributed by atoms with Gasteiger partial charge in [-0.3, -0.25) is 13.8 Å². The zero-order valence-electron chi connectivity index (χ0n) is 23.3. The van der Waals surface area contributed by atoms with Crippen molar-refractivity contribution < 1.29 is 32.8 Å². The Labute approximate surface area is 221 Å². The molecule has 8 nitrogen and oxygen atoms in total. The lowest BCUT2D eigenvalue weighted by atomic mass is 10.0. The van der Waals surface area contributed by atoms with E-state index in [0.29, 0.717) is 13.0 Å². The number of hydrogen-bond acceptors (Lipinski definition) is 7. The molecule has 0 aromatic heterocycles. The zero-order chi connectivity index (χ0) is 26.7. The van der Waals surface area contributed by atoms with Crippen LogP contribution in [0.4, 0.5) is 0 Å². The van der Waals surface area contributed by atoms with E-state index in [2.05, 4.69) is 6.92 Å². The van der Waals surface area contributed by atoms with Gasteiger partial charge in [0.25, 0.3) is 0 Å². The monoisotopic (exact) mass is 537 g/mol. The van der Waals surface area contributed by atoms with Crippen LogP contribution in [0.3, 0.4) is 0 Å². The summed E-state index contributed by atoms with van der Waals surface area (Å²) >= 11 is 0. The first-order valence-electron chi connectivity index (χ1n) is 14.5. The minimum atomic E-state index is -4.23. The van der Waals surface area contributed by atoms with Gasteiger partial charge in [0.05, 0.1) is 19.8 Å². The van der Waals surface area contributed by atoms with E-state index in [1.165, 1.54) is 83.5 Å². The third kappa shape index (κ3) is 25.2. The third-order valence-electron chi connectivity index (χ3n) is 6.02. The second-order valence-corrected chi connectivity index (χ2v) is 11.1. The van der Waals surface area contributed by atoms with Crippen molar-refractivity contribution in [3.8, 4) is 0 Å². The van der Waals surface area contributed by atoms with Crippen LogP contribution in [0.15, 0.2) is 0 Å². The van der Waals surface area contributed by atoms with Crippen molar-refractivity contribution in [3.63, 3.8) is 0 Å². The number of ether oxygens (including phenoxy) is 2. The standard InChI is InChI=1S/C27H56NO7P/c1-3-5-7-8-9-10-11-12-13-14-15-16-17-18-19-22-32-24-26(35-27(29)20-6-4-2)25-34-36(30,31)33-23-21-28/h26H,3-25,28H2,1-2H3,(H,30,31). The molecule has 216 valence electrons. The number of hydrogen-bond donors (Lipinski definition) is 2. The lowest BCUT2D eigenvalue weighted by molar-refractivity contribution is -0.154. The number of rotatable bonds is 28. The van der Waals surface area contributed by atoms with Gasteiger partial charge < -0.3 is 20.1 Å². The molecule has 0 heterocycles. The molecule has 2 unspecified atom stereocenters. The molecule has 0 rings (SSSR count). The summed E-state index contributed by atoms with van der Waals surface area (Å²) in [7, 11) is -4.23. The first-order valence-corrected chi connectivity index (χ1v) is 16.0.